The SMILES string of the molecule is CCOc1cc(CNc2cccc(C(=O)O)c2)cc(I)c1OCC(=O)Nc1cccc(C)c1. The largest absolute Gasteiger partial charge is 0.490 e. The number of hydrogen-bond acceptors (Lipinski definition) is 5. The molecule has 0 radical (unpaired) electrons. The summed E-state index contributed by atoms with van der Waals surface area (Å²) in [6, 6.07) is 18.0. The second kappa shape index (κ2) is 11.6. The Morgan fingerprint density at radius 3 is 2.48 bits per heavy atom. The van der Waals surface area contributed by atoms with Crippen molar-refractivity contribution in [2.75, 3.05) is 23.8 Å². The number of anilines is 2. The van der Waals surface area contributed by atoms with E-state index in [9.17, 15) is 9.59 Å². The standard InChI is InChI=1S/C25H25IN2O5/c1-3-32-22-12-17(14-27-19-8-5-7-18(13-19)25(30)31)11-21(26)24(22)33-15-23(29)28-20-9-4-6-16(2)10-20/h4-13,27H,3,14-15H2,1-2H3,(H,28,29)(H,30,31). The molecule has 0 aromatic heterocycles. The highest BCUT2D eigenvalue weighted by molar-refractivity contribution is 14.1. The number of rotatable bonds is 10. The summed E-state index contributed by atoms with van der Waals surface area (Å²) in [6.07, 6.45) is 0. The van der Waals surface area contributed by atoms with Crippen molar-refractivity contribution >= 4 is 45.8 Å². The summed E-state index contributed by atoms with van der Waals surface area (Å²) in [5, 5.41) is 15.2. The minimum Gasteiger partial charge on any atom is -0.490 e. The van der Waals surface area contributed by atoms with Gasteiger partial charge in [0.1, 0.15) is 0 Å². The summed E-state index contributed by atoms with van der Waals surface area (Å²) >= 11 is 2.15. The monoisotopic (exact) mass is 560 g/mol. The Morgan fingerprint density at radius 1 is 1.00 bits per heavy atom. The van der Waals surface area contributed by atoms with Gasteiger partial charge in [-0.3, -0.25) is 4.79 Å². The highest BCUT2D eigenvalue weighted by atomic mass is 127. The van der Waals surface area contributed by atoms with Crippen LogP contribution in [0.5, 0.6) is 11.5 Å². The third-order valence-electron chi connectivity index (χ3n) is 4.62. The summed E-state index contributed by atoms with van der Waals surface area (Å²) in [5.41, 5.74) is 3.63. The summed E-state index contributed by atoms with van der Waals surface area (Å²) in [6.45, 7) is 4.60. The van der Waals surface area contributed by atoms with Gasteiger partial charge in [0.05, 0.1) is 15.7 Å². The van der Waals surface area contributed by atoms with E-state index in [0.717, 1.165) is 20.4 Å². The highest BCUT2D eigenvalue weighted by Gasteiger charge is 2.14. The molecule has 3 rings (SSSR count). The number of hydrogen-bond donors (Lipinski definition) is 3. The molecule has 3 aromatic rings. The zero-order valence-electron chi connectivity index (χ0n) is 18.4. The molecule has 0 aliphatic rings. The normalized spacial score (nSPS) is 10.4. The van der Waals surface area contributed by atoms with Gasteiger partial charge >= 0.3 is 5.97 Å². The molecule has 0 saturated carbocycles. The van der Waals surface area contributed by atoms with Crippen LogP contribution in [0.4, 0.5) is 11.4 Å². The smallest absolute Gasteiger partial charge is 0.335 e. The van der Waals surface area contributed by atoms with Gasteiger partial charge in [0, 0.05) is 17.9 Å². The van der Waals surface area contributed by atoms with Crippen molar-refractivity contribution in [2.45, 2.75) is 20.4 Å². The summed E-state index contributed by atoms with van der Waals surface area (Å²) < 4.78 is 12.4. The van der Waals surface area contributed by atoms with Crippen LogP contribution in [0.3, 0.4) is 0 Å². The molecule has 0 spiro atoms. The summed E-state index contributed by atoms with van der Waals surface area (Å²) in [5.74, 6) is -0.181. The van der Waals surface area contributed by atoms with E-state index in [1.165, 1.54) is 0 Å². The van der Waals surface area contributed by atoms with Gasteiger partial charge in [-0.15, -0.1) is 0 Å². The van der Waals surface area contributed by atoms with Gasteiger partial charge in [-0.2, -0.15) is 0 Å². The quantitative estimate of drug-likeness (QED) is 0.291. The molecular weight excluding hydrogens is 535 g/mol. The summed E-state index contributed by atoms with van der Waals surface area (Å²) in [7, 11) is 0. The number of benzene rings is 3. The number of carbonyl (C=O) groups excluding carboxylic acids is 1. The van der Waals surface area contributed by atoms with Gasteiger partial charge in [0.15, 0.2) is 18.1 Å². The van der Waals surface area contributed by atoms with Crippen LogP contribution >= 0.6 is 22.6 Å². The molecule has 0 saturated heterocycles. The van der Waals surface area contributed by atoms with E-state index in [4.69, 9.17) is 14.6 Å². The third-order valence-corrected chi connectivity index (χ3v) is 5.43. The fourth-order valence-electron chi connectivity index (χ4n) is 3.15. The van der Waals surface area contributed by atoms with Crippen molar-refractivity contribution in [3.05, 3.63) is 80.9 Å². The number of amides is 1. The predicted octanol–water partition coefficient (Wildman–Crippen LogP) is 5.33. The van der Waals surface area contributed by atoms with Gasteiger partial charge in [-0.05, 0) is 90.0 Å². The first kappa shape index (κ1) is 24.4. The first-order valence-electron chi connectivity index (χ1n) is 10.4. The van der Waals surface area contributed by atoms with E-state index in [1.807, 2.05) is 56.3 Å². The lowest BCUT2D eigenvalue weighted by atomic mass is 10.1. The Balaban J connectivity index is 1.68. The van der Waals surface area contributed by atoms with Crippen LogP contribution in [0.15, 0.2) is 60.7 Å². The van der Waals surface area contributed by atoms with Gasteiger partial charge < -0.3 is 25.2 Å². The number of nitrogens with one attached hydrogen (secondary N) is 2. The lowest BCUT2D eigenvalue weighted by Crippen LogP contribution is -2.20. The van der Waals surface area contributed by atoms with Crippen LogP contribution < -0.4 is 20.1 Å². The highest BCUT2D eigenvalue weighted by Crippen LogP contribution is 2.34. The number of aryl methyl sites for hydroxylation is 1. The molecule has 0 bridgehead atoms. The predicted molar refractivity (Wildman–Crippen MR) is 136 cm³/mol. The Bertz CT molecular complexity index is 1150. The number of carboxylic acid groups (broad SMARTS) is 1. The lowest BCUT2D eigenvalue weighted by Gasteiger charge is -2.16. The minimum atomic E-state index is -0.972. The molecule has 0 unspecified atom stereocenters. The van der Waals surface area contributed by atoms with Crippen LogP contribution in [0.1, 0.15) is 28.4 Å². The number of ether oxygens (including phenoxy) is 2. The van der Waals surface area contributed by atoms with Crippen molar-refractivity contribution in [2.24, 2.45) is 0 Å². The third kappa shape index (κ3) is 7.11. The molecule has 7 nitrogen and oxygen atoms in total. The molecule has 0 heterocycles. The number of aromatic carboxylic acids is 1. The van der Waals surface area contributed by atoms with Crippen molar-refractivity contribution in [1.82, 2.24) is 0 Å². The average molecular weight is 560 g/mol. The van der Waals surface area contributed by atoms with E-state index in [-0.39, 0.29) is 18.1 Å². The maximum atomic E-state index is 12.3. The van der Waals surface area contributed by atoms with Gasteiger partial charge in [-0.25, -0.2) is 4.79 Å². The molecule has 1 amide bonds. The molecule has 0 aliphatic heterocycles. The molecule has 0 fully saturated rings. The first-order chi connectivity index (χ1) is 15.9. The van der Waals surface area contributed by atoms with Crippen LogP contribution in [0.25, 0.3) is 0 Å². The zero-order valence-corrected chi connectivity index (χ0v) is 20.5. The molecule has 0 atom stereocenters. The fraction of sp³-hybridized carbons (Fsp3) is 0.200. The Morgan fingerprint density at radius 2 is 1.76 bits per heavy atom. The van der Waals surface area contributed by atoms with E-state index >= 15 is 0 Å². The first-order valence-corrected chi connectivity index (χ1v) is 11.5. The van der Waals surface area contributed by atoms with Crippen LogP contribution in [-0.2, 0) is 11.3 Å². The van der Waals surface area contributed by atoms with Gasteiger partial charge in [0.25, 0.3) is 5.91 Å². The molecule has 33 heavy (non-hydrogen) atoms. The maximum Gasteiger partial charge on any atom is 0.335 e. The minimum absolute atomic E-state index is 0.149. The second-order valence-corrected chi connectivity index (χ2v) is 8.45. The van der Waals surface area contributed by atoms with Crippen LogP contribution in [0, 0.1) is 10.5 Å². The number of carboxylic acids is 1. The van der Waals surface area contributed by atoms with Gasteiger partial charge in [0.2, 0.25) is 0 Å². The molecular formula is C25H25IN2O5. The number of carbonyl (C=O) groups is 2. The zero-order chi connectivity index (χ0) is 23.8. The summed E-state index contributed by atoms with van der Waals surface area (Å²) in [4.78, 5) is 23.5. The lowest BCUT2D eigenvalue weighted by molar-refractivity contribution is -0.118. The van der Waals surface area contributed by atoms with Crippen molar-refractivity contribution < 1.29 is 24.2 Å². The number of halogens is 1. The van der Waals surface area contributed by atoms with Crippen LogP contribution in [0.2, 0.25) is 0 Å². The Labute approximate surface area is 206 Å². The maximum absolute atomic E-state index is 12.3. The second-order valence-electron chi connectivity index (χ2n) is 7.28. The average Bonchev–Trinajstić information content (AvgIpc) is 2.77. The van der Waals surface area contributed by atoms with E-state index < -0.39 is 5.97 Å². The van der Waals surface area contributed by atoms with Crippen LogP contribution in [-0.4, -0.2) is 30.2 Å². The Kier molecular flexibility index (Phi) is 8.53. The van der Waals surface area contributed by atoms with E-state index in [0.29, 0.717) is 30.3 Å². The molecule has 172 valence electrons. The Hall–Kier alpha value is -3.27. The molecule has 8 heteroatoms. The molecule has 3 N–H and O–H groups in total. The fourth-order valence-corrected chi connectivity index (χ4v) is 3.97. The van der Waals surface area contributed by atoms with E-state index in [1.54, 1.807) is 18.2 Å². The van der Waals surface area contributed by atoms with Gasteiger partial charge in [-0.1, -0.05) is 18.2 Å². The van der Waals surface area contributed by atoms with Crippen molar-refractivity contribution in [1.29, 1.82) is 0 Å². The van der Waals surface area contributed by atoms with E-state index in [2.05, 4.69) is 33.2 Å². The molecule has 3 aromatic carbocycles. The van der Waals surface area contributed by atoms with Crippen molar-refractivity contribution in [3.8, 4) is 11.5 Å². The molecule has 0 aliphatic carbocycles. The topological polar surface area (TPSA) is 96.9 Å². The van der Waals surface area contributed by atoms with Crippen molar-refractivity contribution in [3.63, 3.8) is 0 Å².